The Morgan fingerprint density at radius 3 is 2.40 bits per heavy atom. The van der Waals surface area contributed by atoms with Gasteiger partial charge in [0, 0.05) is 24.8 Å². The van der Waals surface area contributed by atoms with Crippen molar-refractivity contribution in [1.82, 2.24) is 14.9 Å². The molecule has 0 unspecified atom stereocenters. The molecule has 3 heteroatoms. The Balaban J connectivity index is 1.98. The summed E-state index contributed by atoms with van der Waals surface area (Å²) in [6.45, 7) is 15.0. The highest BCUT2D eigenvalue weighted by atomic mass is 15.1. The molecule has 0 bridgehead atoms. The second kappa shape index (κ2) is 5.51. The van der Waals surface area contributed by atoms with Gasteiger partial charge >= 0.3 is 0 Å². The van der Waals surface area contributed by atoms with Crippen LogP contribution in [-0.2, 0) is 6.54 Å². The molecule has 1 aliphatic rings. The van der Waals surface area contributed by atoms with Crippen molar-refractivity contribution < 1.29 is 0 Å². The molecule has 1 aromatic heterocycles. The zero-order valence-corrected chi connectivity index (χ0v) is 14.0. The Morgan fingerprint density at radius 2 is 1.85 bits per heavy atom. The molecule has 0 saturated heterocycles. The van der Waals surface area contributed by atoms with Crippen molar-refractivity contribution in [2.75, 3.05) is 0 Å². The molecule has 114 valence electrons. The predicted octanol–water partition coefficient (Wildman–Crippen LogP) is 4.16. The van der Waals surface area contributed by atoms with Gasteiger partial charge in [0.05, 0.1) is 12.0 Å². The van der Waals surface area contributed by atoms with Crippen LogP contribution in [-0.4, -0.2) is 15.6 Å². The van der Waals surface area contributed by atoms with Crippen molar-refractivity contribution >= 4 is 0 Å². The van der Waals surface area contributed by atoms with E-state index in [-0.39, 0.29) is 0 Å². The van der Waals surface area contributed by atoms with Crippen molar-refractivity contribution in [2.45, 2.75) is 79.4 Å². The number of nitrogens with zero attached hydrogens (tertiary/aromatic N) is 2. The number of nitrogens with one attached hydrogen (secondary N) is 1. The molecule has 1 N–H and O–H groups in total. The van der Waals surface area contributed by atoms with Gasteiger partial charge in [-0.3, -0.25) is 0 Å². The fourth-order valence-electron chi connectivity index (χ4n) is 4.17. The minimum atomic E-state index is 0.442. The lowest BCUT2D eigenvalue weighted by Gasteiger charge is -2.45. The number of imidazole rings is 1. The molecular weight excluding hydrogens is 246 g/mol. The van der Waals surface area contributed by atoms with Crippen molar-refractivity contribution in [3.05, 3.63) is 18.2 Å². The molecule has 20 heavy (non-hydrogen) atoms. The van der Waals surface area contributed by atoms with E-state index in [9.17, 15) is 0 Å². The van der Waals surface area contributed by atoms with E-state index >= 15 is 0 Å². The fraction of sp³-hybridized carbons (Fsp3) is 0.824. The van der Waals surface area contributed by atoms with Crippen LogP contribution in [0.25, 0.3) is 0 Å². The van der Waals surface area contributed by atoms with Gasteiger partial charge in [-0.05, 0) is 43.9 Å². The summed E-state index contributed by atoms with van der Waals surface area (Å²) in [7, 11) is 0. The largest absolute Gasteiger partial charge is 0.331 e. The zero-order valence-electron chi connectivity index (χ0n) is 14.0. The first-order valence-electron chi connectivity index (χ1n) is 7.93. The van der Waals surface area contributed by atoms with Gasteiger partial charge in [-0.2, -0.15) is 0 Å². The first-order valence-corrected chi connectivity index (χ1v) is 7.93. The SMILES string of the molecule is CC(C)n1cncc1CNC1CC(C)(C)CC(C)(C)C1. The van der Waals surface area contributed by atoms with Crippen molar-refractivity contribution in [2.24, 2.45) is 10.8 Å². The maximum Gasteiger partial charge on any atom is 0.0951 e. The van der Waals surface area contributed by atoms with Crippen LogP contribution in [0.5, 0.6) is 0 Å². The number of rotatable bonds is 4. The van der Waals surface area contributed by atoms with Gasteiger partial charge in [0.2, 0.25) is 0 Å². The molecule has 3 nitrogen and oxygen atoms in total. The molecular formula is C17H31N3. The van der Waals surface area contributed by atoms with Gasteiger partial charge in [-0.25, -0.2) is 4.98 Å². The summed E-state index contributed by atoms with van der Waals surface area (Å²) in [6, 6.07) is 1.10. The zero-order chi connectivity index (χ0) is 15.0. The van der Waals surface area contributed by atoms with Crippen LogP contribution >= 0.6 is 0 Å². The molecule has 0 aromatic carbocycles. The molecule has 0 atom stereocenters. The predicted molar refractivity (Wildman–Crippen MR) is 84.7 cm³/mol. The van der Waals surface area contributed by atoms with E-state index in [4.69, 9.17) is 0 Å². The van der Waals surface area contributed by atoms with Crippen LogP contribution in [0.1, 0.15) is 72.5 Å². The third kappa shape index (κ3) is 3.85. The van der Waals surface area contributed by atoms with Crippen LogP contribution in [0.4, 0.5) is 0 Å². The van der Waals surface area contributed by atoms with Crippen molar-refractivity contribution in [3.63, 3.8) is 0 Å². The van der Waals surface area contributed by atoms with E-state index in [1.807, 2.05) is 12.5 Å². The average Bonchev–Trinajstić information content (AvgIpc) is 2.69. The van der Waals surface area contributed by atoms with E-state index in [0.29, 0.717) is 22.9 Å². The van der Waals surface area contributed by atoms with Gasteiger partial charge in [0.25, 0.3) is 0 Å². The summed E-state index contributed by atoms with van der Waals surface area (Å²) in [4.78, 5) is 4.29. The van der Waals surface area contributed by atoms with Crippen molar-refractivity contribution in [1.29, 1.82) is 0 Å². The number of aromatic nitrogens is 2. The van der Waals surface area contributed by atoms with E-state index in [0.717, 1.165) is 6.54 Å². The highest BCUT2D eigenvalue weighted by Gasteiger charge is 2.38. The molecule has 2 rings (SSSR count). The third-order valence-electron chi connectivity index (χ3n) is 4.43. The Labute approximate surface area is 124 Å². The quantitative estimate of drug-likeness (QED) is 0.895. The normalized spacial score (nSPS) is 22.4. The van der Waals surface area contributed by atoms with Crippen LogP contribution < -0.4 is 5.32 Å². The molecule has 1 fully saturated rings. The minimum Gasteiger partial charge on any atom is -0.331 e. The second-order valence-corrected chi connectivity index (χ2v) is 8.38. The van der Waals surface area contributed by atoms with Crippen LogP contribution in [0.15, 0.2) is 12.5 Å². The van der Waals surface area contributed by atoms with Gasteiger partial charge in [-0.1, -0.05) is 27.7 Å². The Morgan fingerprint density at radius 1 is 1.25 bits per heavy atom. The lowest BCUT2D eigenvalue weighted by atomic mass is 9.63. The Bertz CT molecular complexity index is 427. The lowest BCUT2D eigenvalue weighted by Crippen LogP contribution is -2.43. The van der Waals surface area contributed by atoms with E-state index in [1.54, 1.807) is 0 Å². The topological polar surface area (TPSA) is 29.9 Å². The Kier molecular flexibility index (Phi) is 4.29. The van der Waals surface area contributed by atoms with Gasteiger partial charge < -0.3 is 9.88 Å². The molecule has 1 aromatic rings. The molecule has 0 amide bonds. The summed E-state index contributed by atoms with van der Waals surface area (Å²) >= 11 is 0. The summed E-state index contributed by atoms with van der Waals surface area (Å²) in [5.74, 6) is 0. The molecule has 1 aliphatic carbocycles. The van der Waals surface area contributed by atoms with Crippen molar-refractivity contribution in [3.8, 4) is 0 Å². The van der Waals surface area contributed by atoms with E-state index < -0.39 is 0 Å². The molecule has 0 aliphatic heterocycles. The standard InChI is InChI=1S/C17H31N3/c1-13(2)20-12-18-9-15(20)10-19-14-7-16(3,4)11-17(5,6)8-14/h9,12-14,19H,7-8,10-11H2,1-6H3. The monoisotopic (exact) mass is 277 g/mol. The van der Waals surface area contributed by atoms with Gasteiger partial charge in [0.1, 0.15) is 0 Å². The molecule has 1 saturated carbocycles. The lowest BCUT2D eigenvalue weighted by molar-refractivity contribution is 0.0842. The first-order chi connectivity index (χ1) is 9.19. The summed E-state index contributed by atoms with van der Waals surface area (Å²) < 4.78 is 2.26. The van der Waals surface area contributed by atoms with Crippen LogP contribution in [0.2, 0.25) is 0 Å². The summed E-state index contributed by atoms with van der Waals surface area (Å²) in [5.41, 5.74) is 2.18. The first kappa shape index (κ1) is 15.6. The van der Waals surface area contributed by atoms with Gasteiger partial charge in [-0.15, -0.1) is 0 Å². The van der Waals surface area contributed by atoms with E-state index in [1.165, 1.54) is 25.0 Å². The molecule has 0 spiro atoms. The highest BCUT2D eigenvalue weighted by molar-refractivity contribution is 5.01. The summed E-state index contributed by atoms with van der Waals surface area (Å²) in [6.07, 6.45) is 7.79. The summed E-state index contributed by atoms with van der Waals surface area (Å²) in [5, 5.41) is 3.77. The number of hydrogen-bond donors (Lipinski definition) is 1. The van der Waals surface area contributed by atoms with Gasteiger partial charge in [0.15, 0.2) is 0 Å². The maximum atomic E-state index is 4.29. The third-order valence-corrected chi connectivity index (χ3v) is 4.43. The smallest absolute Gasteiger partial charge is 0.0951 e. The maximum absolute atomic E-state index is 4.29. The molecule has 1 heterocycles. The molecule has 0 radical (unpaired) electrons. The second-order valence-electron chi connectivity index (χ2n) is 8.38. The van der Waals surface area contributed by atoms with Crippen LogP contribution in [0, 0.1) is 10.8 Å². The number of hydrogen-bond acceptors (Lipinski definition) is 2. The fourth-order valence-corrected chi connectivity index (χ4v) is 4.17. The Hall–Kier alpha value is -0.830. The minimum absolute atomic E-state index is 0.442. The highest BCUT2D eigenvalue weighted by Crippen LogP contribution is 2.45. The average molecular weight is 277 g/mol. The van der Waals surface area contributed by atoms with Crippen LogP contribution in [0.3, 0.4) is 0 Å². The van der Waals surface area contributed by atoms with E-state index in [2.05, 4.69) is 56.4 Å².